The normalized spacial score (nSPS) is 25.7. The SMILES string of the molecule is CC1CCC(C#N)(NC(=O)c2ccc([N+](=O)[O-])o2)CC1. The van der Waals surface area contributed by atoms with Gasteiger partial charge in [-0.15, -0.1) is 0 Å². The zero-order valence-electron chi connectivity index (χ0n) is 11.1. The molecule has 1 aliphatic rings. The maximum absolute atomic E-state index is 12.0. The molecule has 0 unspecified atom stereocenters. The van der Waals surface area contributed by atoms with Gasteiger partial charge in [-0.25, -0.2) is 0 Å². The number of nitrogens with zero attached hydrogens (tertiary/aromatic N) is 2. The van der Waals surface area contributed by atoms with Crippen LogP contribution in [-0.4, -0.2) is 16.4 Å². The van der Waals surface area contributed by atoms with E-state index in [2.05, 4.69) is 18.3 Å². The second-order valence-electron chi connectivity index (χ2n) is 5.23. The predicted octanol–water partition coefficient (Wildman–Crippen LogP) is 2.39. The summed E-state index contributed by atoms with van der Waals surface area (Å²) in [6, 6.07) is 4.52. The van der Waals surface area contributed by atoms with E-state index in [1.165, 1.54) is 6.07 Å². The number of carbonyl (C=O) groups is 1. The molecule has 0 aliphatic heterocycles. The van der Waals surface area contributed by atoms with Gasteiger partial charge in [0.2, 0.25) is 0 Å². The van der Waals surface area contributed by atoms with E-state index in [0.29, 0.717) is 18.8 Å². The maximum Gasteiger partial charge on any atom is 0.433 e. The Bertz CT molecular complexity index is 564. The standard InChI is InChI=1S/C13H15N3O4/c1-9-4-6-13(8-14,7-5-9)15-12(17)10-2-3-11(20-10)16(18)19/h2-3,9H,4-7H2,1H3,(H,15,17). The highest BCUT2D eigenvalue weighted by atomic mass is 16.6. The van der Waals surface area contributed by atoms with E-state index in [4.69, 9.17) is 4.42 Å². The molecule has 0 bridgehead atoms. The molecule has 2 rings (SSSR count). The topological polar surface area (TPSA) is 109 Å². The van der Waals surface area contributed by atoms with Crippen LogP contribution in [0.25, 0.3) is 0 Å². The van der Waals surface area contributed by atoms with E-state index in [1.54, 1.807) is 0 Å². The van der Waals surface area contributed by atoms with E-state index in [-0.39, 0.29) is 5.76 Å². The predicted molar refractivity (Wildman–Crippen MR) is 68.8 cm³/mol. The molecule has 1 aromatic rings. The summed E-state index contributed by atoms with van der Waals surface area (Å²) in [4.78, 5) is 21.8. The average molecular weight is 277 g/mol. The van der Waals surface area contributed by atoms with Gasteiger partial charge in [-0.05, 0) is 37.7 Å². The molecule has 1 aromatic heterocycles. The highest BCUT2D eigenvalue weighted by molar-refractivity contribution is 5.92. The van der Waals surface area contributed by atoms with Crippen molar-refractivity contribution in [2.75, 3.05) is 0 Å². The zero-order chi connectivity index (χ0) is 14.8. The molecular weight excluding hydrogens is 262 g/mol. The van der Waals surface area contributed by atoms with Crippen molar-refractivity contribution in [3.8, 4) is 6.07 Å². The van der Waals surface area contributed by atoms with Gasteiger partial charge in [0.05, 0.1) is 12.1 Å². The number of rotatable bonds is 3. The third-order valence-electron chi connectivity index (χ3n) is 3.69. The number of nitriles is 1. The monoisotopic (exact) mass is 277 g/mol. The lowest BCUT2D eigenvalue weighted by Gasteiger charge is -2.34. The van der Waals surface area contributed by atoms with Gasteiger partial charge in [0.15, 0.2) is 5.76 Å². The first-order valence-electron chi connectivity index (χ1n) is 6.44. The third-order valence-corrected chi connectivity index (χ3v) is 3.69. The summed E-state index contributed by atoms with van der Waals surface area (Å²) in [6.07, 6.45) is 2.90. The minimum absolute atomic E-state index is 0.148. The van der Waals surface area contributed by atoms with Crippen LogP contribution in [0.15, 0.2) is 16.5 Å². The Balaban J connectivity index is 2.09. The molecule has 7 heteroatoms. The number of nitro groups is 1. The molecule has 1 saturated carbocycles. The maximum atomic E-state index is 12.0. The molecule has 0 saturated heterocycles. The summed E-state index contributed by atoms with van der Waals surface area (Å²) in [5.74, 6) is -0.685. The molecule has 1 heterocycles. The first-order chi connectivity index (χ1) is 9.46. The van der Waals surface area contributed by atoms with Crippen LogP contribution >= 0.6 is 0 Å². The Morgan fingerprint density at radius 1 is 1.55 bits per heavy atom. The van der Waals surface area contributed by atoms with Crippen molar-refractivity contribution in [3.63, 3.8) is 0 Å². The first-order valence-corrected chi connectivity index (χ1v) is 6.44. The van der Waals surface area contributed by atoms with Crippen molar-refractivity contribution < 1.29 is 14.1 Å². The van der Waals surface area contributed by atoms with Crippen LogP contribution < -0.4 is 5.32 Å². The molecule has 0 radical (unpaired) electrons. The van der Waals surface area contributed by atoms with Crippen LogP contribution in [0.4, 0.5) is 5.88 Å². The molecule has 7 nitrogen and oxygen atoms in total. The summed E-state index contributed by atoms with van der Waals surface area (Å²) in [5.41, 5.74) is -0.898. The van der Waals surface area contributed by atoms with E-state index in [0.717, 1.165) is 18.9 Å². The average Bonchev–Trinajstić information content (AvgIpc) is 2.92. The van der Waals surface area contributed by atoms with Crippen LogP contribution in [0.3, 0.4) is 0 Å². The minimum Gasteiger partial charge on any atom is -0.395 e. The highest BCUT2D eigenvalue weighted by Crippen LogP contribution is 2.31. The zero-order valence-corrected chi connectivity index (χ0v) is 11.1. The van der Waals surface area contributed by atoms with Gasteiger partial charge in [-0.3, -0.25) is 14.9 Å². The fourth-order valence-electron chi connectivity index (χ4n) is 2.35. The van der Waals surface area contributed by atoms with Crippen molar-refractivity contribution in [1.82, 2.24) is 5.32 Å². The van der Waals surface area contributed by atoms with Crippen molar-refractivity contribution in [2.45, 2.75) is 38.1 Å². The highest BCUT2D eigenvalue weighted by Gasteiger charge is 2.36. The van der Waals surface area contributed by atoms with Gasteiger partial charge in [0.25, 0.3) is 5.91 Å². The molecule has 106 valence electrons. The molecule has 20 heavy (non-hydrogen) atoms. The van der Waals surface area contributed by atoms with Crippen LogP contribution in [0.1, 0.15) is 43.2 Å². The third kappa shape index (κ3) is 2.79. The van der Waals surface area contributed by atoms with Gasteiger partial charge in [-0.2, -0.15) is 5.26 Å². The molecule has 1 fully saturated rings. The molecule has 0 aromatic carbocycles. The Kier molecular flexibility index (Phi) is 3.74. The smallest absolute Gasteiger partial charge is 0.395 e. The lowest BCUT2D eigenvalue weighted by molar-refractivity contribution is -0.402. The van der Waals surface area contributed by atoms with Crippen LogP contribution in [0.2, 0.25) is 0 Å². The summed E-state index contributed by atoms with van der Waals surface area (Å²) in [6.45, 7) is 2.11. The van der Waals surface area contributed by atoms with Crippen LogP contribution in [-0.2, 0) is 0 Å². The Morgan fingerprint density at radius 3 is 2.70 bits per heavy atom. The Morgan fingerprint density at radius 2 is 2.20 bits per heavy atom. The van der Waals surface area contributed by atoms with Crippen molar-refractivity contribution in [3.05, 3.63) is 28.0 Å². The van der Waals surface area contributed by atoms with Gasteiger partial charge in [0, 0.05) is 0 Å². The lowest BCUT2D eigenvalue weighted by Crippen LogP contribution is -2.49. The molecular formula is C13H15N3O4. The van der Waals surface area contributed by atoms with Gasteiger partial charge in [-0.1, -0.05) is 6.92 Å². The fraction of sp³-hybridized carbons (Fsp3) is 0.538. The summed E-state index contributed by atoms with van der Waals surface area (Å²) < 4.78 is 4.84. The summed E-state index contributed by atoms with van der Waals surface area (Å²) in [7, 11) is 0. The molecule has 1 amide bonds. The van der Waals surface area contributed by atoms with Crippen LogP contribution in [0, 0.1) is 27.4 Å². The molecule has 0 atom stereocenters. The van der Waals surface area contributed by atoms with Gasteiger partial charge < -0.3 is 9.73 Å². The second kappa shape index (κ2) is 5.33. The van der Waals surface area contributed by atoms with Crippen molar-refractivity contribution in [2.24, 2.45) is 5.92 Å². The number of carbonyl (C=O) groups excluding carboxylic acids is 1. The molecule has 1 aliphatic carbocycles. The first kappa shape index (κ1) is 14.1. The Hall–Kier alpha value is -2.36. The molecule has 0 spiro atoms. The van der Waals surface area contributed by atoms with E-state index in [9.17, 15) is 20.2 Å². The number of hydrogen-bond acceptors (Lipinski definition) is 5. The number of furan rings is 1. The van der Waals surface area contributed by atoms with Crippen molar-refractivity contribution >= 4 is 11.8 Å². The van der Waals surface area contributed by atoms with E-state index < -0.39 is 22.3 Å². The number of nitrogens with one attached hydrogen (secondary N) is 1. The minimum atomic E-state index is -0.898. The van der Waals surface area contributed by atoms with E-state index in [1.807, 2.05) is 0 Å². The largest absolute Gasteiger partial charge is 0.433 e. The lowest BCUT2D eigenvalue weighted by atomic mass is 9.78. The number of hydrogen-bond donors (Lipinski definition) is 1. The Labute approximate surface area is 115 Å². The second-order valence-corrected chi connectivity index (χ2v) is 5.23. The van der Waals surface area contributed by atoms with Gasteiger partial charge in [0.1, 0.15) is 10.5 Å². The van der Waals surface area contributed by atoms with E-state index >= 15 is 0 Å². The summed E-state index contributed by atoms with van der Waals surface area (Å²) in [5, 5.41) is 22.5. The molecule has 1 N–H and O–H groups in total. The van der Waals surface area contributed by atoms with Gasteiger partial charge >= 0.3 is 5.88 Å². The van der Waals surface area contributed by atoms with Crippen LogP contribution in [0.5, 0.6) is 0 Å². The summed E-state index contributed by atoms with van der Waals surface area (Å²) >= 11 is 0. The quantitative estimate of drug-likeness (QED) is 0.673. The fourth-order valence-corrected chi connectivity index (χ4v) is 2.35. The number of amides is 1. The van der Waals surface area contributed by atoms with Crippen molar-refractivity contribution in [1.29, 1.82) is 5.26 Å².